The van der Waals surface area contributed by atoms with Gasteiger partial charge in [-0.05, 0) is 31.7 Å². The zero-order chi connectivity index (χ0) is 9.14. The van der Waals surface area contributed by atoms with E-state index in [0.717, 1.165) is 0 Å². The van der Waals surface area contributed by atoms with E-state index in [2.05, 4.69) is 45.9 Å². The third-order valence-electron chi connectivity index (χ3n) is 2.43. The summed E-state index contributed by atoms with van der Waals surface area (Å²) in [4.78, 5) is 0. The molecule has 1 aromatic rings. The van der Waals surface area contributed by atoms with Crippen LogP contribution in [-0.4, -0.2) is 0 Å². The lowest BCUT2D eigenvalue weighted by Gasteiger charge is -2.10. The fourth-order valence-corrected chi connectivity index (χ4v) is 1.53. The van der Waals surface area contributed by atoms with Crippen molar-refractivity contribution >= 4 is 0 Å². The summed E-state index contributed by atoms with van der Waals surface area (Å²) >= 11 is 0. The molecule has 0 saturated carbocycles. The van der Waals surface area contributed by atoms with Gasteiger partial charge in [-0.2, -0.15) is 0 Å². The van der Waals surface area contributed by atoms with Crippen molar-refractivity contribution in [2.75, 3.05) is 0 Å². The summed E-state index contributed by atoms with van der Waals surface area (Å²) in [6.07, 6.45) is 1.23. The van der Waals surface area contributed by atoms with Crippen LogP contribution >= 0.6 is 0 Å². The molecule has 0 saturated heterocycles. The van der Waals surface area contributed by atoms with Crippen LogP contribution in [0.15, 0.2) is 18.2 Å². The molecular formula is C12H20. The summed E-state index contributed by atoms with van der Waals surface area (Å²) in [7, 11) is 0. The number of aryl methyl sites for hydroxylation is 2. The molecular weight excluding hydrogens is 144 g/mol. The second-order valence-electron chi connectivity index (χ2n) is 3.73. The second kappa shape index (κ2) is 3.75. The van der Waals surface area contributed by atoms with Crippen molar-refractivity contribution in [2.45, 2.75) is 40.0 Å². The molecule has 0 amide bonds. The van der Waals surface area contributed by atoms with Crippen molar-refractivity contribution in [3.8, 4) is 0 Å². The minimum atomic E-state index is 0. The molecule has 0 nitrogen and oxygen atoms in total. The summed E-state index contributed by atoms with van der Waals surface area (Å²) in [5, 5.41) is 0. The minimum absolute atomic E-state index is 0. The molecule has 1 rings (SSSR count). The van der Waals surface area contributed by atoms with Crippen LogP contribution in [0.3, 0.4) is 0 Å². The molecule has 68 valence electrons. The highest BCUT2D eigenvalue weighted by Crippen LogP contribution is 2.20. The van der Waals surface area contributed by atoms with Crippen LogP contribution in [0.1, 0.15) is 44.3 Å². The Morgan fingerprint density at radius 2 is 1.67 bits per heavy atom. The highest BCUT2D eigenvalue weighted by atomic mass is 14.1. The van der Waals surface area contributed by atoms with E-state index in [1.807, 2.05) is 0 Å². The quantitative estimate of drug-likeness (QED) is 0.618. The fourth-order valence-electron chi connectivity index (χ4n) is 1.53. The SMILES string of the molecule is CC[C@H](C)c1cc(C)cc(C)c1.[HH]. The van der Waals surface area contributed by atoms with Crippen molar-refractivity contribution in [1.29, 1.82) is 0 Å². The maximum Gasteiger partial charge on any atom is 0 e. The van der Waals surface area contributed by atoms with E-state index in [-0.39, 0.29) is 1.43 Å². The van der Waals surface area contributed by atoms with Crippen LogP contribution in [0, 0.1) is 13.8 Å². The normalized spacial score (nSPS) is 13.0. The van der Waals surface area contributed by atoms with Gasteiger partial charge in [0.15, 0.2) is 0 Å². The Hall–Kier alpha value is -0.780. The first kappa shape index (κ1) is 9.31. The van der Waals surface area contributed by atoms with Crippen LogP contribution in [-0.2, 0) is 0 Å². The zero-order valence-corrected chi connectivity index (χ0v) is 8.52. The Labute approximate surface area is 77.1 Å². The van der Waals surface area contributed by atoms with Crippen LogP contribution in [0.25, 0.3) is 0 Å². The van der Waals surface area contributed by atoms with E-state index in [0.29, 0.717) is 5.92 Å². The molecule has 0 heterocycles. The average molecular weight is 164 g/mol. The van der Waals surface area contributed by atoms with E-state index in [1.165, 1.54) is 23.1 Å². The molecule has 0 N–H and O–H groups in total. The molecule has 0 heteroatoms. The average Bonchev–Trinajstić information content (AvgIpc) is 2.01. The van der Waals surface area contributed by atoms with Gasteiger partial charge in [-0.1, -0.05) is 43.2 Å². The Kier molecular flexibility index (Phi) is 2.91. The maximum absolute atomic E-state index is 2.29. The molecule has 0 aliphatic carbocycles. The molecule has 0 aliphatic heterocycles. The van der Waals surface area contributed by atoms with Gasteiger partial charge in [0.05, 0.1) is 0 Å². The predicted molar refractivity (Wildman–Crippen MR) is 56.7 cm³/mol. The Morgan fingerprint density at radius 3 is 2.08 bits per heavy atom. The molecule has 0 aliphatic rings. The number of hydrogen-bond acceptors (Lipinski definition) is 0. The van der Waals surface area contributed by atoms with E-state index >= 15 is 0 Å². The summed E-state index contributed by atoms with van der Waals surface area (Å²) in [5.74, 6) is 0.698. The van der Waals surface area contributed by atoms with Gasteiger partial charge in [-0.3, -0.25) is 0 Å². The predicted octanol–water partition coefficient (Wildman–Crippen LogP) is 4.06. The van der Waals surface area contributed by atoms with Crippen LogP contribution in [0.2, 0.25) is 0 Å². The third kappa shape index (κ3) is 2.10. The standard InChI is InChI=1S/C12H18.H2/c1-5-11(4)12-7-9(2)6-10(3)8-12;/h6-8,11H,5H2,1-4H3;1H/t11-;/m0./s1. The lowest BCUT2D eigenvalue weighted by atomic mass is 9.95. The van der Waals surface area contributed by atoms with Crippen molar-refractivity contribution < 1.29 is 1.43 Å². The van der Waals surface area contributed by atoms with Crippen molar-refractivity contribution in [2.24, 2.45) is 0 Å². The van der Waals surface area contributed by atoms with Crippen molar-refractivity contribution in [3.63, 3.8) is 0 Å². The monoisotopic (exact) mass is 164 g/mol. The summed E-state index contributed by atoms with van der Waals surface area (Å²) in [6, 6.07) is 6.81. The molecule has 12 heavy (non-hydrogen) atoms. The van der Waals surface area contributed by atoms with Gasteiger partial charge in [0, 0.05) is 1.43 Å². The summed E-state index contributed by atoms with van der Waals surface area (Å²) in [6.45, 7) is 8.86. The van der Waals surface area contributed by atoms with Crippen LogP contribution < -0.4 is 0 Å². The molecule has 1 aromatic carbocycles. The van der Waals surface area contributed by atoms with E-state index in [9.17, 15) is 0 Å². The van der Waals surface area contributed by atoms with Crippen LogP contribution in [0.4, 0.5) is 0 Å². The first-order chi connectivity index (χ1) is 5.63. The topological polar surface area (TPSA) is 0 Å². The van der Waals surface area contributed by atoms with Crippen LogP contribution in [0.5, 0.6) is 0 Å². The molecule has 0 bridgehead atoms. The number of hydrogen-bond donors (Lipinski definition) is 0. The Balaban J connectivity index is 0.00000144. The number of benzene rings is 1. The van der Waals surface area contributed by atoms with Gasteiger partial charge in [-0.15, -0.1) is 0 Å². The van der Waals surface area contributed by atoms with Gasteiger partial charge in [-0.25, -0.2) is 0 Å². The first-order valence-corrected chi connectivity index (χ1v) is 4.71. The van der Waals surface area contributed by atoms with E-state index < -0.39 is 0 Å². The Morgan fingerprint density at radius 1 is 1.17 bits per heavy atom. The Bertz CT molecular complexity index is 246. The van der Waals surface area contributed by atoms with Gasteiger partial charge in [0.1, 0.15) is 0 Å². The van der Waals surface area contributed by atoms with E-state index in [1.54, 1.807) is 0 Å². The minimum Gasteiger partial charge on any atom is -0.0648 e. The van der Waals surface area contributed by atoms with Gasteiger partial charge in [0.25, 0.3) is 0 Å². The first-order valence-electron chi connectivity index (χ1n) is 4.71. The fraction of sp³-hybridized carbons (Fsp3) is 0.500. The second-order valence-corrected chi connectivity index (χ2v) is 3.73. The smallest absolute Gasteiger partial charge is 0 e. The molecule has 0 spiro atoms. The maximum atomic E-state index is 2.29. The lowest BCUT2D eigenvalue weighted by Crippen LogP contribution is -1.92. The summed E-state index contributed by atoms with van der Waals surface area (Å²) < 4.78 is 0. The van der Waals surface area contributed by atoms with Crippen molar-refractivity contribution in [1.82, 2.24) is 0 Å². The number of rotatable bonds is 2. The van der Waals surface area contributed by atoms with Crippen molar-refractivity contribution in [3.05, 3.63) is 34.9 Å². The molecule has 0 aromatic heterocycles. The summed E-state index contributed by atoms with van der Waals surface area (Å²) in [5.41, 5.74) is 4.24. The largest absolute Gasteiger partial charge is 0.0648 e. The van der Waals surface area contributed by atoms with Gasteiger partial charge >= 0.3 is 0 Å². The molecule has 1 atom stereocenters. The van der Waals surface area contributed by atoms with Gasteiger partial charge < -0.3 is 0 Å². The zero-order valence-electron chi connectivity index (χ0n) is 8.52. The molecule has 0 fully saturated rings. The molecule has 0 unspecified atom stereocenters. The highest BCUT2D eigenvalue weighted by Gasteiger charge is 2.02. The lowest BCUT2D eigenvalue weighted by molar-refractivity contribution is 0.732. The highest BCUT2D eigenvalue weighted by molar-refractivity contribution is 5.30. The third-order valence-corrected chi connectivity index (χ3v) is 2.43. The van der Waals surface area contributed by atoms with Gasteiger partial charge in [0.2, 0.25) is 0 Å². The molecule has 0 radical (unpaired) electrons. The van der Waals surface area contributed by atoms with E-state index in [4.69, 9.17) is 0 Å².